The first-order valence-corrected chi connectivity index (χ1v) is 11.4. The Bertz CT molecular complexity index is 931. The molecular formula is C27H34N2O5. The summed E-state index contributed by atoms with van der Waals surface area (Å²) in [6.45, 7) is 7.64. The molecule has 0 spiro atoms. The first-order chi connectivity index (χ1) is 16.3. The average molecular weight is 467 g/mol. The van der Waals surface area contributed by atoms with Gasteiger partial charge in [-0.05, 0) is 29.9 Å². The zero-order valence-electron chi connectivity index (χ0n) is 19.8. The van der Waals surface area contributed by atoms with Gasteiger partial charge in [-0.15, -0.1) is 6.58 Å². The van der Waals surface area contributed by atoms with E-state index in [1.807, 2.05) is 74.5 Å². The topological polar surface area (TPSA) is 105 Å². The Kier molecular flexibility index (Phi) is 11.0. The Morgan fingerprint density at radius 2 is 1.53 bits per heavy atom. The molecule has 0 heterocycles. The summed E-state index contributed by atoms with van der Waals surface area (Å²) in [6.07, 6.45) is 2.39. The van der Waals surface area contributed by atoms with Gasteiger partial charge >= 0.3 is 5.97 Å². The minimum absolute atomic E-state index is 0.0856. The molecular weight excluding hydrogens is 432 g/mol. The molecule has 2 rings (SSSR count). The van der Waals surface area contributed by atoms with Crippen LogP contribution in [0.2, 0.25) is 0 Å². The Balaban J connectivity index is 2.24. The van der Waals surface area contributed by atoms with Crippen LogP contribution in [0.1, 0.15) is 37.8 Å². The molecule has 2 aromatic carbocycles. The summed E-state index contributed by atoms with van der Waals surface area (Å²) in [5, 5.41) is 12.0. The monoisotopic (exact) mass is 466 g/mol. The zero-order valence-corrected chi connectivity index (χ0v) is 19.8. The highest BCUT2D eigenvalue weighted by Crippen LogP contribution is 2.25. The fourth-order valence-corrected chi connectivity index (χ4v) is 3.83. The number of carbonyl (C=O) groups excluding carboxylic acids is 3. The van der Waals surface area contributed by atoms with Crippen LogP contribution in [0.25, 0.3) is 0 Å². The van der Waals surface area contributed by atoms with Gasteiger partial charge in [0.05, 0.1) is 11.8 Å². The summed E-state index contributed by atoms with van der Waals surface area (Å²) in [5.41, 5.74) is 3.35. The van der Waals surface area contributed by atoms with Crippen molar-refractivity contribution in [2.75, 3.05) is 0 Å². The highest BCUT2D eigenvalue weighted by Gasteiger charge is 2.35. The number of hydroxylamine groups is 1. The van der Waals surface area contributed by atoms with Gasteiger partial charge in [0.2, 0.25) is 11.8 Å². The zero-order chi connectivity index (χ0) is 24.9. The highest BCUT2D eigenvalue weighted by atomic mass is 16.5. The largest absolute Gasteiger partial charge is 0.459 e. The molecule has 2 amide bonds. The third kappa shape index (κ3) is 8.48. The Morgan fingerprint density at radius 1 is 0.941 bits per heavy atom. The number of carbonyl (C=O) groups is 3. The van der Waals surface area contributed by atoms with E-state index in [2.05, 4.69) is 11.9 Å². The van der Waals surface area contributed by atoms with Crippen LogP contribution < -0.4 is 10.8 Å². The predicted molar refractivity (Wildman–Crippen MR) is 129 cm³/mol. The molecule has 2 aromatic rings. The summed E-state index contributed by atoms with van der Waals surface area (Å²) in [4.78, 5) is 38.7. The van der Waals surface area contributed by atoms with Crippen LogP contribution in [-0.2, 0) is 32.1 Å². The fraction of sp³-hybridized carbons (Fsp3) is 0.370. The smallest absolute Gasteiger partial charge is 0.329 e. The molecule has 3 N–H and O–H groups in total. The minimum Gasteiger partial charge on any atom is -0.459 e. The van der Waals surface area contributed by atoms with Crippen LogP contribution in [0.5, 0.6) is 0 Å². The predicted octanol–water partition coefficient (Wildman–Crippen LogP) is 3.82. The SMILES string of the molecule is C=CCC(C(=O)NO)C(CC(C)C)C(=O)NC(Cc1ccccc1)C(=O)OCc1ccccc1. The maximum atomic E-state index is 13.4. The van der Waals surface area contributed by atoms with E-state index in [4.69, 9.17) is 4.74 Å². The highest BCUT2D eigenvalue weighted by molar-refractivity contribution is 5.90. The molecule has 0 saturated carbocycles. The lowest BCUT2D eigenvalue weighted by molar-refractivity contribution is -0.150. The second-order valence-electron chi connectivity index (χ2n) is 8.69. The van der Waals surface area contributed by atoms with Crippen LogP contribution in [0.4, 0.5) is 0 Å². The Hall–Kier alpha value is -3.45. The Morgan fingerprint density at radius 3 is 2.06 bits per heavy atom. The Labute approximate surface area is 201 Å². The van der Waals surface area contributed by atoms with Gasteiger partial charge in [-0.3, -0.25) is 14.8 Å². The van der Waals surface area contributed by atoms with Crippen molar-refractivity contribution < 1.29 is 24.3 Å². The standard InChI is InChI=1S/C27H34N2O5/c1-4-11-22(26(31)29-33)23(16-19(2)3)25(30)28-24(17-20-12-7-5-8-13-20)27(32)34-18-21-14-9-6-10-15-21/h4-10,12-15,19,22-24,33H,1,11,16-18H2,2-3H3,(H,28,30)(H,29,31). The molecule has 0 bridgehead atoms. The van der Waals surface area contributed by atoms with Crippen LogP contribution in [-0.4, -0.2) is 29.0 Å². The van der Waals surface area contributed by atoms with E-state index in [0.717, 1.165) is 11.1 Å². The molecule has 3 unspecified atom stereocenters. The summed E-state index contributed by atoms with van der Waals surface area (Å²) in [6, 6.07) is 17.7. The first kappa shape index (κ1) is 26.8. The molecule has 182 valence electrons. The van der Waals surface area contributed by atoms with E-state index in [1.54, 1.807) is 5.48 Å². The number of ether oxygens (including phenoxy) is 1. The van der Waals surface area contributed by atoms with Crippen molar-refractivity contribution in [1.29, 1.82) is 0 Å². The minimum atomic E-state index is -0.935. The van der Waals surface area contributed by atoms with E-state index in [0.29, 0.717) is 6.42 Å². The molecule has 0 fully saturated rings. The van der Waals surface area contributed by atoms with Crippen molar-refractivity contribution in [3.63, 3.8) is 0 Å². The molecule has 34 heavy (non-hydrogen) atoms. The third-order valence-electron chi connectivity index (χ3n) is 5.52. The molecule has 3 atom stereocenters. The van der Waals surface area contributed by atoms with Gasteiger partial charge in [0.15, 0.2) is 0 Å². The van der Waals surface area contributed by atoms with Crippen molar-refractivity contribution in [2.45, 2.75) is 45.8 Å². The van der Waals surface area contributed by atoms with E-state index in [9.17, 15) is 19.6 Å². The number of hydrogen-bond acceptors (Lipinski definition) is 5. The number of allylic oxidation sites excluding steroid dienone is 1. The van der Waals surface area contributed by atoms with Crippen molar-refractivity contribution >= 4 is 17.8 Å². The van der Waals surface area contributed by atoms with Gasteiger partial charge < -0.3 is 10.1 Å². The fourth-order valence-electron chi connectivity index (χ4n) is 3.83. The molecule has 0 aliphatic rings. The lowest BCUT2D eigenvalue weighted by Gasteiger charge is -2.27. The number of benzene rings is 2. The van der Waals surface area contributed by atoms with Crippen molar-refractivity contribution in [2.24, 2.45) is 17.8 Å². The summed E-state index contributed by atoms with van der Waals surface area (Å²) >= 11 is 0. The van der Waals surface area contributed by atoms with Crippen molar-refractivity contribution in [1.82, 2.24) is 10.8 Å². The molecule has 0 aliphatic heterocycles. The van der Waals surface area contributed by atoms with E-state index < -0.39 is 35.7 Å². The second kappa shape index (κ2) is 14.0. The van der Waals surface area contributed by atoms with Crippen LogP contribution in [0, 0.1) is 17.8 Å². The summed E-state index contributed by atoms with van der Waals surface area (Å²) in [5.74, 6) is -3.13. The van der Waals surface area contributed by atoms with Crippen LogP contribution >= 0.6 is 0 Å². The van der Waals surface area contributed by atoms with Crippen molar-refractivity contribution in [3.05, 3.63) is 84.4 Å². The molecule has 0 radical (unpaired) electrons. The van der Waals surface area contributed by atoms with Gasteiger partial charge in [0.25, 0.3) is 0 Å². The van der Waals surface area contributed by atoms with Gasteiger partial charge in [0, 0.05) is 6.42 Å². The number of amides is 2. The van der Waals surface area contributed by atoms with E-state index in [1.165, 1.54) is 6.08 Å². The molecule has 0 aromatic heterocycles. The number of nitrogens with one attached hydrogen (secondary N) is 2. The number of rotatable bonds is 13. The molecule has 0 saturated heterocycles. The number of hydrogen-bond donors (Lipinski definition) is 3. The van der Waals surface area contributed by atoms with Crippen LogP contribution in [0.3, 0.4) is 0 Å². The molecule has 7 nitrogen and oxygen atoms in total. The average Bonchev–Trinajstić information content (AvgIpc) is 2.84. The van der Waals surface area contributed by atoms with Gasteiger partial charge in [-0.2, -0.15) is 0 Å². The van der Waals surface area contributed by atoms with Gasteiger partial charge in [-0.1, -0.05) is 80.6 Å². The lowest BCUT2D eigenvalue weighted by Crippen LogP contribution is -2.49. The maximum Gasteiger partial charge on any atom is 0.329 e. The van der Waals surface area contributed by atoms with E-state index in [-0.39, 0.29) is 25.4 Å². The summed E-state index contributed by atoms with van der Waals surface area (Å²) < 4.78 is 5.51. The molecule has 0 aliphatic carbocycles. The van der Waals surface area contributed by atoms with Crippen LogP contribution in [0.15, 0.2) is 73.3 Å². The lowest BCUT2D eigenvalue weighted by atomic mass is 9.82. The maximum absolute atomic E-state index is 13.4. The number of esters is 1. The normalized spacial score (nSPS) is 13.4. The quantitative estimate of drug-likeness (QED) is 0.180. The van der Waals surface area contributed by atoms with Gasteiger partial charge in [0.1, 0.15) is 12.6 Å². The summed E-state index contributed by atoms with van der Waals surface area (Å²) in [7, 11) is 0. The second-order valence-corrected chi connectivity index (χ2v) is 8.69. The van der Waals surface area contributed by atoms with Crippen molar-refractivity contribution in [3.8, 4) is 0 Å². The first-order valence-electron chi connectivity index (χ1n) is 11.4. The molecule has 7 heteroatoms. The third-order valence-corrected chi connectivity index (χ3v) is 5.52. The van der Waals surface area contributed by atoms with E-state index >= 15 is 0 Å². The van der Waals surface area contributed by atoms with Gasteiger partial charge in [-0.25, -0.2) is 10.3 Å².